The second-order valence-corrected chi connectivity index (χ2v) is 4.95. The zero-order valence-electron chi connectivity index (χ0n) is 10.6. The summed E-state index contributed by atoms with van der Waals surface area (Å²) in [5.74, 6) is 0.267. The second kappa shape index (κ2) is 5.15. The van der Waals surface area contributed by atoms with E-state index >= 15 is 0 Å². The molecule has 1 amide bonds. The van der Waals surface area contributed by atoms with Crippen molar-refractivity contribution in [3.8, 4) is 0 Å². The van der Waals surface area contributed by atoms with E-state index in [4.69, 9.17) is 5.73 Å². The average Bonchev–Trinajstić information content (AvgIpc) is 2.30. The molecule has 0 aromatic carbocycles. The first-order valence-electron chi connectivity index (χ1n) is 6.21. The predicted molar refractivity (Wildman–Crippen MR) is 63.9 cm³/mol. The van der Waals surface area contributed by atoms with Crippen molar-refractivity contribution in [1.29, 1.82) is 0 Å². The summed E-state index contributed by atoms with van der Waals surface area (Å²) in [4.78, 5) is 13.9. The minimum atomic E-state index is -0.750. The molecule has 1 aliphatic heterocycles. The fraction of sp³-hybridized carbons (Fsp3) is 0.917. The largest absolute Gasteiger partial charge is 0.391 e. The number of β-amino-alcohol motifs (C(OH)–C–C–N with tert-alkyl or cyclic N) is 1. The van der Waals surface area contributed by atoms with E-state index in [1.807, 2.05) is 20.8 Å². The van der Waals surface area contributed by atoms with Crippen LogP contribution in [0.4, 0.5) is 0 Å². The van der Waals surface area contributed by atoms with Gasteiger partial charge in [-0.2, -0.15) is 0 Å². The maximum Gasteiger partial charge on any atom is 0.242 e. The van der Waals surface area contributed by atoms with E-state index in [2.05, 4.69) is 0 Å². The zero-order valence-corrected chi connectivity index (χ0v) is 10.6. The maximum atomic E-state index is 12.2. The Kier molecular flexibility index (Phi) is 4.33. The molecule has 0 spiro atoms. The van der Waals surface area contributed by atoms with Gasteiger partial charge in [0.05, 0.1) is 11.6 Å². The van der Waals surface area contributed by atoms with Crippen LogP contribution in [0.3, 0.4) is 0 Å². The van der Waals surface area contributed by atoms with Crippen molar-refractivity contribution >= 4 is 5.91 Å². The summed E-state index contributed by atoms with van der Waals surface area (Å²) in [5, 5.41) is 9.77. The fourth-order valence-corrected chi connectivity index (χ4v) is 2.10. The summed E-state index contributed by atoms with van der Waals surface area (Å²) in [6.45, 7) is 7.03. The van der Waals surface area contributed by atoms with Crippen molar-refractivity contribution in [3.63, 3.8) is 0 Å². The number of carbonyl (C=O) groups is 1. The molecule has 1 heterocycles. The SMILES string of the molecule is CCC(N)(CC)C(=O)N1CCC(C)C(O)C1. The van der Waals surface area contributed by atoms with Gasteiger partial charge < -0.3 is 15.7 Å². The van der Waals surface area contributed by atoms with Gasteiger partial charge in [0.2, 0.25) is 5.91 Å². The molecule has 16 heavy (non-hydrogen) atoms. The van der Waals surface area contributed by atoms with Crippen molar-refractivity contribution < 1.29 is 9.90 Å². The van der Waals surface area contributed by atoms with Crippen molar-refractivity contribution in [2.24, 2.45) is 11.7 Å². The minimum Gasteiger partial charge on any atom is -0.391 e. The summed E-state index contributed by atoms with van der Waals surface area (Å²) in [6.07, 6.45) is 1.74. The van der Waals surface area contributed by atoms with Gasteiger partial charge in [0.15, 0.2) is 0 Å². The lowest BCUT2D eigenvalue weighted by Gasteiger charge is -2.39. The number of hydrogen-bond donors (Lipinski definition) is 2. The van der Waals surface area contributed by atoms with Crippen LogP contribution in [0.1, 0.15) is 40.0 Å². The molecular formula is C12H24N2O2. The fourth-order valence-electron chi connectivity index (χ4n) is 2.10. The van der Waals surface area contributed by atoms with Gasteiger partial charge in [-0.25, -0.2) is 0 Å². The Bertz CT molecular complexity index is 251. The van der Waals surface area contributed by atoms with Crippen LogP contribution in [0.2, 0.25) is 0 Å². The Morgan fingerprint density at radius 3 is 2.50 bits per heavy atom. The van der Waals surface area contributed by atoms with E-state index in [1.54, 1.807) is 4.90 Å². The third-order valence-corrected chi connectivity index (χ3v) is 3.89. The lowest BCUT2D eigenvalue weighted by Crippen LogP contribution is -2.58. The highest BCUT2D eigenvalue weighted by atomic mass is 16.3. The molecule has 0 saturated carbocycles. The zero-order chi connectivity index (χ0) is 12.3. The minimum absolute atomic E-state index is 0.0107. The van der Waals surface area contributed by atoms with Crippen molar-refractivity contribution in [2.45, 2.75) is 51.7 Å². The maximum absolute atomic E-state index is 12.2. The van der Waals surface area contributed by atoms with Crippen LogP contribution >= 0.6 is 0 Å². The van der Waals surface area contributed by atoms with Crippen LogP contribution in [0.5, 0.6) is 0 Å². The molecule has 0 bridgehead atoms. The summed E-state index contributed by atoms with van der Waals surface area (Å²) in [7, 11) is 0. The number of amides is 1. The third-order valence-electron chi connectivity index (χ3n) is 3.89. The number of piperidine rings is 1. The molecule has 0 aromatic rings. The highest BCUT2D eigenvalue weighted by Crippen LogP contribution is 2.22. The summed E-state index contributed by atoms with van der Waals surface area (Å²) in [5.41, 5.74) is 5.33. The van der Waals surface area contributed by atoms with Gasteiger partial charge >= 0.3 is 0 Å². The monoisotopic (exact) mass is 228 g/mol. The molecule has 2 atom stereocenters. The smallest absolute Gasteiger partial charge is 0.242 e. The average molecular weight is 228 g/mol. The van der Waals surface area contributed by atoms with E-state index < -0.39 is 11.6 Å². The molecule has 94 valence electrons. The number of aliphatic hydroxyl groups excluding tert-OH is 1. The number of aliphatic hydroxyl groups is 1. The molecule has 1 saturated heterocycles. The lowest BCUT2D eigenvalue weighted by molar-refractivity contribution is -0.141. The van der Waals surface area contributed by atoms with Gasteiger partial charge in [-0.1, -0.05) is 20.8 Å². The van der Waals surface area contributed by atoms with Gasteiger partial charge in [0.25, 0.3) is 0 Å². The van der Waals surface area contributed by atoms with Crippen molar-refractivity contribution in [1.82, 2.24) is 4.90 Å². The van der Waals surface area contributed by atoms with Crippen LogP contribution in [0, 0.1) is 5.92 Å². The van der Waals surface area contributed by atoms with E-state index in [-0.39, 0.29) is 11.8 Å². The highest BCUT2D eigenvalue weighted by molar-refractivity contribution is 5.86. The van der Waals surface area contributed by atoms with Crippen molar-refractivity contribution in [3.05, 3.63) is 0 Å². The molecule has 4 nitrogen and oxygen atoms in total. The first-order chi connectivity index (χ1) is 7.44. The van der Waals surface area contributed by atoms with E-state index in [0.717, 1.165) is 13.0 Å². The topological polar surface area (TPSA) is 66.6 Å². The van der Waals surface area contributed by atoms with Gasteiger partial charge in [-0.05, 0) is 25.2 Å². The summed E-state index contributed by atoms with van der Waals surface area (Å²) >= 11 is 0. The van der Waals surface area contributed by atoms with Crippen molar-refractivity contribution in [2.75, 3.05) is 13.1 Å². The molecule has 0 aromatic heterocycles. The van der Waals surface area contributed by atoms with Crippen LogP contribution in [-0.4, -0.2) is 40.6 Å². The number of nitrogens with two attached hydrogens (primary N) is 1. The predicted octanol–water partition coefficient (Wildman–Crippen LogP) is 0.733. The number of likely N-dealkylation sites (tertiary alicyclic amines) is 1. The summed E-state index contributed by atoms with van der Waals surface area (Å²) < 4.78 is 0. The van der Waals surface area contributed by atoms with Crippen LogP contribution in [-0.2, 0) is 4.79 Å². The van der Waals surface area contributed by atoms with E-state index in [0.29, 0.717) is 19.4 Å². The molecule has 0 radical (unpaired) electrons. The Hall–Kier alpha value is -0.610. The molecule has 1 aliphatic rings. The van der Waals surface area contributed by atoms with E-state index in [1.165, 1.54) is 0 Å². The Morgan fingerprint density at radius 2 is 2.06 bits per heavy atom. The molecule has 2 unspecified atom stereocenters. The standard InChI is InChI=1S/C12H24N2O2/c1-4-12(13,5-2)11(16)14-7-6-9(3)10(15)8-14/h9-10,15H,4-8,13H2,1-3H3. The number of rotatable bonds is 3. The first kappa shape index (κ1) is 13.5. The van der Waals surface area contributed by atoms with Crippen LogP contribution < -0.4 is 5.73 Å². The van der Waals surface area contributed by atoms with Gasteiger partial charge in [-0.3, -0.25) is 4.79 Å². The highest BCUT2D eigenvalue weighted by Gasteiger charge is 2.37. The Balaban J connectivity index is 2.68. The number of carbonyl (C=O) groups excluding carboxylic acids is 1. The van der Waals surface area contributed by atoms with E-state index in [9.17, 15) is 9.90 Å². The second-order valence-electron chi connectivity index (χ2n) is 4.95. The summed E-state index contributed by atoms with van der Waals surface area (Å²) in [6, 6.07) is 0. The normalized spacial score (nSPS) is 26.9. The third kappa shape index (κ3) is 2.55. The Labute approximate surface area is 97.8 Å². The van der Waals surface area contributed by atoms with Gasteiger partial charge in [-0.15, -0.1) is 0 Å². The molecule has 1 rings (SSSR count). The van der Waals surface area contributed by atoms with Crippen LogP contribution in [0.15, 0.2) is 0 Å². The quantitative estimate of drug-likeness (QED) is 0.748. The van der Waals surface area contributed by atoms with Crippen LogP contribution in [0.25, 0.3) is 0 Å². The lowest BCUT2D eigenvalue weighted by atomic mass is 9.89. The molecule has 3 N–H and O–H groups in total. The van der Waals surface area contributed by atoms with Gasteiger partial charge in [0.1, 0.15) is 0 Å². The number of hydrogen-bond acceptors (Lipinski definition) is 3. The first-order valence-corrected chi connectivity index (χ1v) is 6.21. The molecule has 4 heteroatoms. The molecule has 1 fully saturated rings. The Morgan fingerprint density at radius 1 is 1.50 bits per heavy atom. The number of nitrogens with zero attached hydrogens (tertiary/aromatic N) is 1. The molecular weight excluding hydrogens is 204 g/mol. The molecule has 0 aliphatic carbocycles. The van der Waals surface area contributed by atoms with Gasteiger partial charge in [0, 0.05) is 13.1 Å².